The van der Waals surface area contributed by atoms with Crippen molar-refractivity contribution < 1.29 is 29.0 Å². The second-order valence-electron chi connectivity index (χ2n) is 13.1. The summed E-state index contributed by atoms with van der Waals surface area (Å²) < 4.78 is 12.7. The molecule has 3 heterocycles. The van der Waals surface area contributed by atoms with Crippen molar-refractivity contribution in [2.75, 3.05) is 24.7 Å². The van der Waals surface area contributed by atoms with Crippen LogP contribution in [0.4, 0.5) is 5.69 Å². The van der Waals surface area contributed by atoms with E-state index in [0.29, 0.717) is 25.7 Å². The number of carbonyl (C=O) groups is 3. The molecule has 2 aromatic rings. The standard InChI is InChI=1S/C37H46N2O6/c1-7-9-13-20-44-35(43)30-29-33(41)39(28(23-40)21-27-17-11-10-12-18-27)32(37(29)22-26(5)36(30,6)45-37)34(42)38(19-8-2)31-24(3)15-14-16-25(31)4/h7-8,10-12,14-18,26,28-30,32,40H,1-2,9,13,19-23H2,3-6H3/t26?,28-,29+,30-,32?,36+,37?/m1/s1. The Kier molecular flexibility index (Phi) is 9.38. The summed E-state index contributed by atoms with van der Waals surface area (Å²) in [4.78, 5) is 47.0. The van der Waals surface area contributed by atoms with Crippen molar-refractivity contribution >= 4 is 23.5 Å². The van der Waals surface area contributed by atoms with E-state index < -0.39 is 41.1 Å². The number of allylic oxidation sites excluding steroid dienone is 1. The zero-order chi connectivity index (χ0) is 32.5. The lowest BCUT2D eigenvalue weighted by Crippen LogP contribution is -2.59. The monoisotopic (exact) mass is 614 g/mol. The number of nitrogens with zero attached hydrogens (tertiary/aromatic N) is 2. The number of aryl methyl sites for hydroxylation is 2. The van der Waals surface area contributed by atoms with Crippen LogP contribution in [0.3, 0.4) is 0 Å². The fourth-order valence-corrected chi connectivity index (χ4v) is 8.13. The highest BCUT2D eigenvalue weighted by Crippen LogP contribution is 2.65. The fraction of sp³-hybridized carbons (Fsp3) is 0.486. The number of esters is 1. The first kappa shape index (κ1) is 32.6. The van der Waals surface area contributed by atoms with Crippen LogP contribution in [0.15, 0.2) is 73.8 Å². The molecule has 7 atom stereocenters. The van der Waals surface area contributed by atoms with Crippen molar-refractivity contribution in [3.05, 3.63) is 90.5 Å². The zero-order valence-electron chi connectivity index (χ0n) is 26.9. The molecule has 45 heavy (non-hydrogen) atoms. The van der Waals surface area contributed by atoms with Gasteiger partial charge >= 0.3 is 5.97 Å². The second kappa shape index (κ2) is 12.9. The van der Waals surface area contributed by atoms with Crippen LogP contribution >= 0.6 is 0 Å². The first-order valence-corrected chi connectivity index (χ1v) is 16.0. The third-order valence-corrected chi connectivity index (χ3v) is 10.2. The second-order valence-corrected chi connectivity index (χ2v) is 13.1. The van der Waals surface area contributed by atoms with Crippen molar-refractivity contribution in [2.24, 2.45) is 17.8 Å². The van der Waals surface area contributed by atoms with Gasteiger partial charge in [-0.3, -0.25) is 14.4 Å². The lowest BCUT2D eigenvalue weighted by molar-refractivity contribution is -0.162. The lowest BCUT2D eigenvalue weighted by Gasteiger charge is -2.40. The van der Waals surface area contributed by atoms with Gasteiger partial charge in [0.2, 0.25) is 5.91 Å². The Balaban J connectivity index is 1.64. The van der Waals surface area contributed by atoms with E-state index in [1.165, 1.54) is 0 Å². The minimum absolute atomic E-state index is 0.128. The van der Waals surface area contributed by atoms with E-state index in [-0.39, 0.29) is 37.5 Å². The van der Waals surface area contributed by atoms with Crippen LogP contribution in [0, 0.1) is 31.6 Å². The summed E-state index contributed by atoms with van der Waals surface area (Å²) in [5.41, 5.74) is 1.24. The summed E-state index contributed by atoms with van der Waals surface area (Å²) in [5.74, 6) is -3.09. The molecule has 3 fully saturated rings. The average Bonchev–Trinajstić information content (AvgIpc) is 3.54. The molecule has 3 unspecified atom stereocenters. The molecule has 1 N–H and O–H groups in total. The van der Waals surface area contributed by atoms with Gasteiger partial charge in [0.15, 0.2) is 0 Å². The number of aliphatic hydroxyl groups is 1. The maximum atomic E-state index is 15.1. The molecule has 0 radical (unpaired) electrons. The molecular formula is C37H46N2O6. The summed E-state index contributed by atoms with van der Waals surface area (Å²) in [5, 5.41) is 10.8. The van der Waals surface area contributed by atoms with Crippen LogP contribution in [-0.4, -0.2) is 70.8 Å². The number of anilines is 1. The maximum Gasteiger partial charge on any atom is 0.312 e. The number of fused-ring (bicyclic) bond motifs is 1. The number of likely N-dealkylation sites (tertiary alicyclic amines) is 1. The molecule has 0 aliphatic carbocycles. The predicted octanol–water partition coefficient (Wildman–Crippen LogP) is 4.95. The number of unbranched alkanes of at least 4 members (excludes halogenated alkanes) is 1. The average molecular weight is 615 g/mol. The third kappa shape index (κ3) is 5.42. The number of ether oxygens (including phenoxy) is 2. The van der Waals surface area contributed by atoms with E-state index in [2.05, 4.69) is 13.2 Å². The number of hydrogen-bond acceptors (Lipinski definition) is 6. The van der Waals surface area contributed by atoms with Gasteiger partial charge < -0.3 is 24.4 Å². The molecule has 5 rings (SSSR count). The largest absolute Gasteiger partial charge is 0.465 e. The van der Waals surface area contributed by atoms with E-state index in [1.807, 2.05) is 76.2 Å². The SMILES string of the molecule is C=CCCCOC(=O)[C@H]1[C@H]2C(=O)N([C@@H](CO)Cc3ccccc3)C(C(=O)N(CC=C)c3c(C)cccc3C)C23CC(C)[C@]1(C)O3. The van der Waals surface area contributed by atoms with Gasteiger partial charge in [0.25, 0.3) is 5.91 Å². The van der Waals surface area contributed by atoms with Gasteiger partial charge in [-0.2, -0.15) is 0 Å². The Hall–Kier alpha value is -3.75. The topological polar surface area (TPSA) is 96.4 Å². The Morgan fingerprint density at radius 3 is 2.44 bits per heavy atom. The maximum absolute atomic E-state index is 15.1. The first-order valence-electron chi connectivity index (χ1n) is 16.0. The number of hydrogen-bond donors (Lipinski definition) is 1. The number of para-hydroxylation sites is 1. The summed E-state index contributed by atoms with van der Waals surface area (Å²) in [6.07, 6.45) is 5.54. The zero-order valence-corrected chi connectivity index (χ0v) is 26.9. The van der Waals surface area contributed by atoms with E-state index in [4.69, 9.17) is 9.47 Å². The Morgan fingerprint density at radius 2 is 1.82 bits per heavy atom. The smallest absolute Gasteiger partial charge is 0.312 e. The van der Waals surface area contributed by atoms with Crippen LogP contribution in [0.5, 0.6) is 0 Å². The van der Waals surface area contributed by atoms with Gasteiger partial charge in [0.05, 0.1) is 30.8 Å². The van der Waals surface area contributed by atoms with E-state index in [9.17, 15) is 14.7 Å². The summed E-state index contributed by atoms with van der Waals surface area (Å²) in [6.45, 7) is 15.5. The molecule has 1 spiro atoms. The number of carbonyl (C=O) groups excluding carboxylic acids is 3. The Bertz CT molecular complexity index is 1440. The molecular weight excluding hydrogens is 568 g/mol. The van der Waals surface area contributed by atoms with Gasteiger partial charge in [0, 0.05) is 12.2 Å². The van der Waals surface area contributed by atoms with Crippen molar-refractivity contribution in [3.63, 3.8) is 0 Å². The Morgan fingerprint density at radius 1 is 1.13 bits per heavy atom. The summed E-state index contributed by atoms with van der Waals surface area (Å²) in [6, 6.07) is 13.7. The molecule has 0 saturated carbocycles. The number of benzene rings is 2. The first-order chi connectivity index (χ1) is 21.5. The van der Waals surface area contributed by atoms with E-state index in [0.717, 1.165) is 22.4 Å². The van der Waals surface area contributed by atoms with Gasteiger partial charge in [-0.1, -0.05) is 67.6 Å². The number of amides is 2. The quantitative estimate of drug-likeness (QED) is 0.195. The number of aliphatic hydroxyl groups excluding tert-OH is 1. The fourth-order valence-electron chi connectivity index (χ4n) is 8.13. The summed E-state index contributed by atoms with van der Waals surface area (Å²) >= 11 is 0. The highest BCUT2D eigenvalue weighted by molar-refractivity contribution is 6.05. The molecule has 2 aromatic carbocycles. The molecule has 3 aliphatic rings. The van der Waals surface area contributed by atoms with Crippen LogP contribution in [0.2, 0.25) is 0 Å². The molecule has 3 aliphatic heterocycles. The molecule has 0 aromatic heterocycles. The van der Waals surface area contributed by atoms with Crippen LogP contribution < -0.4 is 4.90 Å². The Labute approximate surface area is 266 Å². The molecule has 2 bridgehead atoms. The normalized spacial score (nSPS) is 28.9. The van der Waals surface area contributed by atoms with Crippen LogP contribution in [0.1, 0.15) is 49.8 Å². The summed E-state index contributed by atoms with van der Waals surface area (Å²) in [7, 11) is 0. The predicted molar refractivity (Wildman–Crippen MR) is 173 cm³/mol. The van der Waals surface area contributed by atoms with Crippen molar-refractivity contribution in [3.8, 4) is 0 Å². The molecule has 240 valence electrons. The van der Waals surface area contributed by atoms with E-state index in [1.54, 1.807) is 22.0 Å². The minimum atomic E-state index is -1.27. The molecule has 3 saturated heterocycles. The van der Waals surface area contributed by atoms with Crippen molar-refractivity contribution in [1.29, 1.82) is 0 Å². The van der Waals surface area contributed by atoms with Gasteiger partial charge in [-0.05, 0) is 69.1 Å². The van der Waals surface area contributed by atoms with Gasteiger partial charge in [-0.25, -0.2) is 0 Å². The van der Waals surface area contributed by atoms with Crippen molar-refractivity contribution in [1.82, 2.24) is 4.90 Å². The molecule has 8 heteroatoms. The third-order valence-electron chi connectivity index (χ3n) is 10.2. The molecule has 2 amide bonds. The van der Waals surface area contributed by atoms with Gasteiger partial charge in [0.1, 0.15) is 17.6 Å². The highest BCUT2D eigenvalue weighted by atomic mass is 16.6. The highest BCUT2D eigenvalue weighted by Gasteiger charge is 2.80. The van der Waals surface area contributed by atoms with Crippen molar-refractivity contribution in [2.45, 2.75) is 76.7 Å². The lowest BCUT2D eigenvalue weighted by atomic mass is 9.62. The van der Waals surface area contributed by atoms with E-state index >= 15 is 4.79 Å². The number of rotatable bonds is 13. The minimum Gasteiger partial charge on any atom is -0.465 e. The van der Waals surface area contributed by atoms with Gasteiger partial charge in [-0.15, -0.1) is 13.2 Å². The molecule has 8 nitrogen and oxygen atoms in total. The van der Waals surface area contributed by atoms with Crippen LogP contribution in [0.25, 0.3) is 0 Å². The van der Waals surface area contributed by atoms with Crippen LogP contribution in [-0.2, 0) is 30.3 Å².